The Morgan fingerprint density at radius 3 is 2.39 bits per heavy atom. The lowest BCUT2D eigenvalue weighted by molar-refractivity contribution is -0.118. The molecule has 4 aliphatic carbocycles. The summed E-state index contributed by atoms with van der Waals surface area (Å²) in [5.41, 5.74) is 4.94. The first kappa shape index (κ1) is 20.9. The van der Waals surface area contributed by atoms with E-state index in [4.69, 9.17) is 9.47 Å². The first-order chi connectivity index (χ1) is 14.8. The molecule has 166 valence electrons. The number of para-hydroxylation sites is 1. The summed E-state index contributed by atoms with van der Waals surface area (Å²) in [6.45, 7) is 8.58. The molecule has 0 radical (unpaired) electrons. The number of methoxy groups -OCH3 is 1. The van der Waals surface area contributed by atoms with E-state index in [1.54, 1.807) is 7.11 Å². The highest BCUT2D eigenvalue weighted by Gasteiger charge is 2.59. The van der Waals surface area contributed by atoms with Crippen LogP contribution in [-0.2, 0) is 13.2 Å². The molecule has 3 nitrogen and oxygen atoms in total. The lowest BCUT2D eigenvalue weighted by Crippen LogP contribution is -2.63. The third-order valence-corrected chi connectivity index (χ3v) is 8.03. The minimum absolute atomic E-state index is 0.278. The van der Waals surface area contributed by atoms with Crippen molar-refractivity contribution in [3.63, 3.8) is 0 Å². The first-order valence-corrected chi connectivity index (χ1v) is 11.9. The Bertz CT molecular complexity index is 949. The summed E-state index contributed by atoms with van der Waals surface area (Å²) in [4.78, 5) is 0. The first-order valence-electron chi connectivity index (χ1n) is 11.9. The molecule has 0 amide bonds. The van der Waals surface area contributed by atoms with Crippen molar-refractivity contribution < 1.29 is 9.47 Å². The van der Waals surface area contributed by atoms with Crippen molar-refractivity contribution in [3.05, 3.63) is 59.2 Å². The summed E-state index contributed by atoms with van der Waals surface area (Å²) in [5, 5.41) is 4.06. The van der Waals surface area contributed by atoms with Gasteiger partial charge < -0.3 is 14.8 Å². The van der Waals surface area contributed by atoms with Gasteiger partial charge in [-0.15, -0.1) is 0 Å². The summed E-state index contributed by atoms with van der Waals surface area (Å²) in [6, 6.07) is 14.8. The third-order valence-electron chi connectivity index (χ3n) is 8.03. The molecule has 6 rings (SSSR count). The number of aryl methyl sites for hydroxylation is 1. The monoisotopic (exact) mass is 419 g/mol. The molecule has 4 aliphatic rings. The minimum atomic E-state index is 0.278. The predicted molar refractivity (Wildman–Crippen MR) is 125 cm³/mol. The van der Waals surface area contributed by atoms with Gasteiger partial charge in [0.1, 0.15) is 6.61 Å². The number of hydrogen-bond donors (Lipinski definition) is 1. The van der Waals surface area contributed by atoms with Crippen LogP contribution in [0.15, 0.2) is 42.5 Å². The van der Waals surface area contributed by atoms with E-state index in [1.165, 1.54) is 55.2 Å². The van der Waals surface area contributed by atoms with Crippen LogP contribution < -0.4 is 14.8 Å². The summed E-state index contributed by atoms with van der Waals surface area (Å²) in [5.74, 6) is 2.58. The van der Waals surface area contributed by atoms with Crippen molar-refractivity contribution in [2.45, 2.75) is 78.0 Å². The van der Waals surface area contributed by atoms with E-state index >= 15 is 0 Å². The van der Waals surface area contributed by atoms with Gasteiger partial charge in [-0.25, -0.2) is 0 Å². The number of benzene rings is 2. The number of ether oxygens (including phenoxy) is 2. The van der Waals surface area contributed by atoms with Crippen molar-refractivity contribution in [2.24, 2.45) is 16.7 Å². The standard InChI is InChI=1S/C28H37NO2/c1-20-7-5-8-21(11-20)16-31-25-23(9-6-10-24(25)30-4)15-29-28-14-22-12-26(2,18-28)17-27(3,13-22)19-28/h5-11,22,29H,12-19H2,1-4H3/t22?,26-,27+,28?. The molecule has 0 saturated heterocycles. The highest BCUT2D eigenvalue weighted by molar-refractivity contribution is 5.47. The van der Waals surface area contributed by atoms with Gasteiger partial charge in [-0.05, 0) is 73.8 Å². The zero-order chi connectivity index (χ0) is 21.7. The Hall–Kier alpha value is -2.00. The van der Waals surface area contributed by atoms with Crippen LogP contribution in [0.4, 0.5) is 0 Å². The van der Waals surface area contributed by atoms with Crippen molar-refractivity contribution in [3.8, 4) is 11.5 Å². The van der Waals surface area contributed by atoms with Gasteiger partial charge in [0.25, 0.3) is 0 Å². The van der Waals surface area contributed by atoms with Crippen molar-refractivity contribution in [1.29, 1.82) is 0 Å². The highest BCUT2D eigenvalue weighted by atomic mass is 16.5. The van der Waals surface area contributed by atoms with Crippen molar-refractivity contribution >= 4 is 0 Å². The molecule has 31 heavy (non-hydrogen) atoms. The van der Waals surface area contributed by atoms with Gasteiger partial charge in [-0.1, -0.05) is 55.8 Å². The third kappa shape index (κ3) is 4.09. The lowest BCUT2D eigenvalue weighted by Gasteiger charge is -2.65. The van der Waals surface area contributed by atoms with E-state index in [1.807, 2.05) is 6.07 Å². The number of hydrogen-bond acceptors (Lipinski definition) is 3. The lowest BCUT2D eigenvalue weighted by atomic mass is 9.43. The largest absolute Gasteiger partial charge is 0.493 e. The molecule has 0 aliphatic heterocycles. The fraction of sp³-hybridized carbons (Fsp3) is 0.571. The normalized spacial score (nSPS) is 33.5. The molecule has 3 heteroatoms. The van der Waals surface area contributed by atoms with Gasteiger partial charge in [0.2, 0.25) is 0 Å². The quantitative estimate of drug-likeness (QED) is 0.561. The maximum Gasteiger partial charge on any atom is 0.166 e. The van der Waals surface area contributed by atoms with Gasteiger partial charge in [-0.2, -0.15) is 0 Å². The molecular weight excluding hydrogens is 382 g/mol. The molecule has 0 aromatic heterocycles. The van der Waals surface area contributed by atoms with Gasteiger partial charge >= 0.3 is 0 Å². The molecule has 4 atom stereocenters. The van der Waals surface area contributed by atoms with Crippen LogP contribution in [-0.4, -0.2) is 12.6 Å². The van der Waals surface area contributed by atoms with E-state index < -0.39 is 0 Å². The molecular formula is C28H37NO2. The average Bonchev–Trinajstić information content (AvgIpc) is 2.68. The van der Waals surface area contributed by atoms with Gasteiger partial charge in [0.05, 0.1) is 7.11 Å². The fourth-order valence-electron chi connectivity index (χ4n) is 7.91. The summed E-state index contributed by atoms with van der Waals surface area (Å²) < 4.78 is 12.0. The molecule has 4 fully saturated rings. The minimum Gasteiger partial charge on any atom is -0.493 e. The molecule has 4 bridgehead atoms. The van der Waals surface area contributed by atoms with E-state index in [2.05, 4.69) is 62.5 Å². The SMILES string of the molecule is COc1cccc(CNC23CC4C[C@@](C)(C2)C[C@](C)(C4)C3)c1OCc1cccc(C)c1. The molecule has 1 N–H and O–H groups in total. The Balaban J connectivity index is 1.35. The second-order valence-electron chi connectivity index (χ2n) is 11.5. The average molecular weight is 420 g/mol. The van der Waals surface area contributed by atoms with Crippen LogP contribution >= 0.6 is 0 Å². The smallest absolute Gasteiger partial charge is 0.166 e. The van der Waals surface area contributed by atoms with Crippen LogP contribution in [0.25, 0.3) is 0 Å². The Labute approximate surface area is 187 Å². The van der Waals surface area contributed by atoms with Gasteiger partial charge in [0.15, 0.2) is 11.5 Å². The van der Waals surface area contributed by atoms with Crippen LogP contribution in [0.3, 0.4) is 0 Å². The Morgan fingerprint density at radius 2 is 1.71 bits per heavy atom. The predicted octanol–water partition coefficient (Wildman–Crippen LogP) is 6.42. The van der Waals surface area contributed by atoms with Gasteiger partial charge in [-0.3, -0.25) is 0 Å². The maximum atomic E-state index is 6.35. The van der Waals surface area contributed by atoms with E-state index in [0.29, 0.717) is 17.4 Å². The molecule has 0 spiro atoms. The molecule has 2 aromatic rings. The van der Waals surface area contributed by atoms with Crippen molar-refractivity contribution in [2.75, 3.05) is 7.11 Å². The Kier molecular flexibility index (Phi) is 5.08. The van der Waals surface area contributed by atoms with E-state index in [-0.39, 0.29) is 5.54 Å². The fourth-order valence-corrected chi connectivity index (χ4v) is 7.91. The molecule has 0 heterocycles. The summed E-state index contributed by atoms with van der Waals surface area (Å²) in [6.07, 6.45) is 8.22. The zero-order valence-corrected chi connectivity index (χ0v) is 19.6. The van der Waals surface area contributed by atoms with Crippen molar-refractivity contribution in [1.82, 2.24) is 5.32 Å². The van der Waals surface area contributed by atoms with E-state index in [9.17, 15) is 0 Å². The molecule has 2 unspecified atom stereocenters. The highest BCUT2D eigenvalue weighted by Crippen LogP contribution is 2.66. The summed E-state index contributed by atoms with van der Waals surface area (Å²) in [7, 11) is 1.73. The second-order valence-corrected chi connectivity index (χ2v) is 11.5. The van der Waals surface area contributed by atoms with Crippen LogP contribution in [0.2, 0.25) is 0 Å². The maximum absolute atomic E-state index is 6.35. The van der Waals surface area contributed by atoms with Crippen LogP contribution in [0.5, 0.6) is 11.5 Å². The van der Waals surface area contributed by atoms with Gasteiger partial charge in [0, 0.05) is 17.6 Å². The molecule has 2 aromatic carbocycles. The summed E-state index contributed by atoms with van der Waals surface area (Å²) >= 11 is 0. The van der Waals surface area contributed by atoms with E-state index in [0.717, 1.165) is 24.0 Å². The molecule has 4 saturated carbocycles. The topological polar surface area (TPSA) is 30.5 Å². The van der Waals surface area contributed by atoms with Crippen LogP contribution in [0, 0.1) is 23.7 Å². The second kappa shape index (κ2) is 7.55. The number of nitrogens with one attached hydrogen (secondary N) is 1. The number of rotatable bonds is 7. The van der Waals surface area contributed by atoms with Crippen LogP contribution in [0.1, 0.15) is 69.1 Å². The Morgan fingerprint density at radius 1 is 0.968 bits per heavy atom. The zero-order valence-electron chi connectivity index (χ0n) is 19.6.